The number of carbonyl (C=O) groups is 2. The molecule has 1 rings (SSSR count). The van der Waals surface area contributed by atoms with E-state index in [1.54, 1.807) is 23.5 Å². The van der Waals surface area contributed by atoms with Crippen molar-refractivity contribution in [1.82, 2.24) is 10.6 Å². The van der Waals surface area contributed by atoms with Crippen molar-refractivity contribution in [2.75, 3.05) is 36.1 Å². The Hall–Kier alpha value is -0.440. The molecular formula is C11H20N2O4S2. The lowest BCUT2D eigenvalue weighted by Gasteiger charge is -2.16. The molecule has 0 radical (unpaired) electrons. The topological polar surface area (TPSA) is 98.7 Å². The molecule has 2 unspecified atom stereocenters. The maximum Gasteiger partial charge on any atom is 0.321 e. The number of carboxylic acids is 2. The SMILES string of the molecule is O=C(O)C1CSCCCSCC(C(=O)O)NCCN1. The Morgan fingerprint density at radius 3 is 1.68 bits per heavy atom. The van der Waals surface area contributed by atoms with Crippen molar-refractivity contribution in [3.8, 4) is 0 Å². The summed E-state index contributed by atoms with van der Waals surface area (Å²) in [5.74, 6) is 1.19. The molecule has 0 spiro atoms. The standard InChI is InChI=1S/C11H20N2O4S2/c14-10(15)8-6-18-4-1-5-19-7-9(11(16)17)13-3-2-12-8/h8-9,12-13H,1-7H2,(H,14,15)(H,16,17). The van der Waals surface area contributed by atoms with Crippen molar-refractivity contribution in [3.05, 3.63) is 0 Å². The maximum absolute atomic E-state index is 11.0. The summed E-state index contributed by atoms with van der Waals surface area (Å²) in [5, 5.41) is 24.0. The van der Waals surface area contributed by atoms with Gasteiger partial charge in [0.15, 0.2) is 0 Å². The van der Waals surface area contributed by atoms with Gasteiger partial charge in [0.05, 0.1) is 0 Å². The van der Waals surface area contributed by atoms with Crippen LogP contribution in [0.5, 0.6) is 0 Å². The van der Waals surface area contributed by atoms with E-state index >= 15 is 0 Å². The molecule has 2 atom stereocenters. The van der Waals surface area contributed by atoms with Gasteiger partial charge in [-0.05, 0) is 17.9 Å². The summed E-state index contributed by atoms with van der Waals surface area (Å²) in [4.78, 5) is 22.0. The molecule has 6 nitrogen and oxygen atoms in total. The van der Waals surface area contributed by atoms with Gasteiger partial charge in [-0.3, -0.25) is 9.59 Å². The number of aliphatic carboxylic acids is 2. The minimum absolute atomic E-state index is 0.450. The highest BCUT2D eigenvalue weighted by molar-refractivity contribution is 8.00. The minimum Gasteiger partial charge on any atom is -0.480 e. The molecule has 1 saturated heterocycles. The van der Waals surface area contributed by atoms with Crippen LogP contribution in [0.15, 0.2) is 0 Å². The number of thioether (sulfide) groups is 2. The Morgan fingerprint density at radius 2 is 1.32 bits per heavy atom. The van der Waals surface area contributed by atoms with Crippen LogP contribution in [0.4, 0.5) is 0 Å². The lowest BCUT2D eigenvalue weighted by molar-refractivity contribution is -0.140. The van der Waals surface area contributed by atoms with Crippen molar-refractivity contribution in [2.45, 2.75) is 18.5 Å². The van der Waals surface area contributed by atoms with Crippen molar-refractivity contribution in [1.29, 1.82) is 0 Å². The molecule has 0 saturated carbocycles. The molecule has 0 aromatic rings. The molecule has 1 aliphatic rings. The molecule has 1 heterocycles. The van der Waals surface area contributed by atoms with Gasteiger partial charge in [0.25, 0.3) is 0 Å². The third-order valence-corrected chi connectivity index (χ3v) is 4.94. The van der Waals surface area contributed by atoms with E-state index in [2.05, 4.69) is 10.6 Å². The lowest BCUT2D eigenvalue weighted by Crippen LogP contribution is -2.46. The number of carboxylic acid groups (broad SMARTS) is 2. The van der Waals surface area contributed by atoms with Crippen LogP contribution in [0.1, 0.15) is 6.42 Å². The molecule has 110 valence electrons. The van der Waals surface area contributed by atoms with Crippen molar-refractivity contribution in [2.24, 2.45) is 0 Å². The number of nitrogens with one attached hydrogen (secondary N) is 2. The minimum atomic E-state index is -0.855. The zero-order chi connectivity index (χ0) is 14.1. The first kappa shape index (κ1) is 16.6. The molecule has 0 amide bonds. The van der Waals surface area contributed by atoms with Gasteiger partial charge in [0.1, 0.15) is 12.1 Å². The normalized spacial score (nSPS) is 27.6. The molecule has 0 aliphatic carbocycles. The smallest absolute Gasteiger partial charge is 0.321 e. The first-order valence-electron chi connectivity index (χ1n) is 6.19. The Kier molecular flexibility index (Phi) is 8.27. The predicted octanol–water partition coefficient (Wildman–Crippen LogP) is -0.0579. The number of rotatable bonds is 2. The van der Waals surface area contributed by atoms with Gasteiger partial charge in [-0.2, -0.15) is 23.5 Å². The average Bonchev–Trinajstić information content (AvgIpc) is 2.37. The summed E-state index contributed by atoms with van der Waals surface area (Å²) in [6, 6.07) is -1.13. The molecule has 0 bridgehead atoms. The zero-order valence-corrected chi connectivity index (χ0v) is 12.3. The van der Waals surface area contributed by atoms with Crippen LogP contribution >= 0.6 is 23.5 Å². The van der Waals surface area contributed by atoms with E-state index in [1.807, 2.05) is 0 Å². The highest BCUT2D eigenvalue weighted by Crippen LogP contribution is 2.11. The van der Waals surface area contributed by atoms with Crippen molar-refractivity contribution < 1.29 is 19.8 Å². The van der Waals surface area contributed by atoms with Crippen molar-refractivity contribution >= 4 is 35.5 Å². The summed E-state index contributed by atoms with van der Waals surface area (Å²) >= 11 is 3.25. The molecule has 1 aliphatic heterocycles. The van der Waals surface area contributed by atoms with Gasteiger partial charge >= 0.3 is 11.9 Å². The molecular weight excluding hydrogens is 288 g/mol. The Balaban J connectivity index is 2.47. The van der Waals surface area contributed by atoms with Gasteiger partial charge in [-0.25, -0.2) is 0 Å². The van der Waals surface area contributed by atoms with Gasteiger partial charge < -0.3 is 20.8 Å². The predicted molar refractivity (Wildman–Crippen MR) is 78.1 cm³/mol. The summed E-state index contributed by atoms with van der Waals surface area (Å²) in [7, 11) is 0. The molecule has 19 heavy (non-hydrogen) atoms. The second-order valence-electron chi connectivity index (χ2n) is 4.19. The largest absolute Gasteiger partial charge is 0.480 e. The third-order valence-electron chi connectivity index (χ3n) is 2.65. The van der Waals surface area contributed by atoms with E-state index in [0.29, 0.717) is 24.6 Å². The summed E-state index contributed by atoms with van der Waals surface area (Å²) in [6.07, 6.45) is 0.966. The molecule has 1 fully saturated rings. The quantitative estimate of drug-likeness (QED) is 0.563. The summed E-state index contributed by atoms with van der Waals surface area (Å²) in [5.41, 5.74) is 0. The third kappa shape index (κ3) is 7.05. The number of hydrogen-bond donors (Lipinski definition) is 4. The van der Waals surface area contributed by atoms with Gasteiger partial charge in [-0.1, -0.05) is 0 Å². The molecule has 0 aromatic carbocycles. The highest BCUT2D eigenvalue weighted by Gasteiger charge is 2.19. The first-order chi connectivity index (χ1) is 9.11. The van der Waals surface area contributed by atoms with Gasteiger partial charge in [0, 0.05) is 24.6 Å². The molecule has 0 aromatic heterocycles. The van der Waals surface area contributed by atoms with Crippen LogP contribution in [-0.4, -0.2) is 70.3 Å². The van der Waals surface area contributed by atoms with E-state index in [4.69, 9.17) is 10.2 Å². The van der Waals surface area contributed by atoms with Crippen LogP contribution in [-0.2, 0) is 9.59 Å². The fraction of sp³-hybridized carbons (Fsp3) is 0.818. The monoisotopic (exact) mass is 308 g/mol. The van der Waals surface area contributed by atoms with Crippen molar-refractivity contribution in [3.63, 3.8) is 0 Å². The lowest BCUT2D eigenvalue weighted by atomic mass is 10.3. The van der Waals surface area contributed by atoms with Crippen LogP contribution < -0.4 is 10.6 Å². The summed E-state index contributed by atoms with van der Waals surface area (Å²) < 4.78 is 0. The fourth-order valence-corrected chi connectivity index (χ4v) is 3.80. The Labute approximate surface area is 121 Å². The van der Waals surface area contributed by atoms with Crippen LogP contribution in [0.2, 0.25) is 0 Å². The van der Waals surface area contributed by atoms with E-state index in [1.165, 1.54) is 0 Å². The highest BCUT2D eigenvalue weighted by atomic mass is 32.2. The Bertz CT molecular complexity index is 276. The molecule has 4 N–H and O–H groups in total. The first-order valence-corrected chi connectivity index (χ1v) is 8.50. The van der Waals surface area contributed by atoms with E-state index in [0.717, 1.165) is 17.9 Å². The van der Waals surface area contributed by atoms with Crippen LogP contribution in [0.3, 0.4) is 0 Å². The average molecular weight is 308 g/mol. The second kappa shape index (κ2) is 9.46. The van der Waals surface area contributed by atoms with Crippen LogP contribution in [0, 0.1) is 0 Å². The Morgan fingerprint density at radius 1 is 0.895 bits per heavy atom. The van der Waals surface area contributed by atoms with Gasteiger partial charge in [0.2, 0.25) is 0 Å². The molecule has 8 heteroatoms. The second-order valence-corrected chi connectivity index (χ2v) is 6.49. The van der Waals surface area contributed by atoms with E-state index in [9.17, 15) is 9.59 Å². The number of hydrogen-bond acceptors (Lipinski definition) is 6. The fourth-order valence-electron chi connectivity index (χ4n) is 1.59. The summed E-state index contributed by atoms with van der Waals surface area (Å²) in [6.45, 7) is 0.901. The maximum atomic E-state index is 11.0. The van der Waals surface area contributed by atoms with Gasteiger partial charge in [-0.15, -0.1) is 0 Å². The van der Waals surface area contributed by atoms with Crippen LogP contribution in [0.25, 0.3) is 0 Å². The van der Waals surface area contributed by atoms with E-state index in [-0.39, 0.29) is 0 Å². The zero-order valence-electron chi connectivity index (χ0n) is 10.6. The van der Waals surface area contributed by atoms with E-state index < -0.39 is 24.0 Å².